The molecule has 1 saturated heterocycles. The third-order valence-electron chi connectivity index (χ3n) is 4.25. The van der Waals surface area contributed by atoms with Gasteiger partial charge in [-0.1, -0.05) is 18.2 Å². The third-order valence-corrected chi connectivity index (χ3v) is 4.25. The molecule has 22 heavy (non-hydrogen) atoms. The highest BCUT2D eigenvalue weighted by atomic mass is 16.3. The fourth-order valence-electron chi connectivity index (χ4n) is 3.07. The molecule has 5 heteroatoms. The molecule has 1 aromatic heterocycles. The number of furan rings is 1. The van der Waals surface area contributed by atoms with E-state index in [1.54, 1.807) is 0 Å². The second-order valence-corrected chi connectivity index (χ2v) is 5.97. The molecule has 0 spiro atoms. The SMILES string of the molecule is Cc1c([C@@H](C)NC(=O)NC2CCCNC2)oc2ccccc12. The summed E-state index contributed by atoms with van der Waals surface area (Å²) in [7, 11) is 0. The Balaban J connectivity index is 1.66. The molecule has 118 valence electrons. The summed E-state index contributed by atoms with van der Waals surface area (Å²) in [4.78, 5) is 12.1. The largest absolute Gasteiger partial charge is 0.459 e. The van der Waals surface area contributed by atoms with Gasteiger partial charge in [-0.25, -0.2) is 4.79 Å². The van der Waals surface area contributed by atoms with Gasteiger partial charge in [0.15, 0.2) is 0 Å². The smallest absolute Gasteiger partial charge is 0.315 e. The molecule has 0 saturated carbocycles. The minimum absolute atomic E-state index is 0.138. The number of hydrogen-bond donors (Lipinski definition) is 3. The van der Waals surface area contributed by atoms with Crippen LogP contribution in [0.3, 0.4) is 0 Å². The van der Waals surface area contributed by atoms with E-state index in [2.05, 4.69) is 16.0 Å². The summed E-state index contributed by atoms with van der Waals surface area (Å²) in [6, 6.07) is 7.85. The fraction of sp³-hybridized carbons (Fsp3) is 0.471. The lowest BCUT2D eigenvalue weighted by Gasteiger charge is -2.24. The summed E-state index contributed by atoms with van der Waals surface area (Å²) in [5.41, 5.74) is 1.95. The fourth-order valence-corrected chi connectivity index (χ4v) is 3.07. The normalized spacial score (nSPS) is 19.8. The van der Waals surface area contributed by atoms with Crippen LogP contribution in [0.15, 0.2) is 28.7 Å². The van der Waals surface area contributed by atoms with Gasteiger partial charge < -0.3 is 20.4 Å². The molecule has 0 bridgehead atoms. The monoisotopic (exact) mass is 301 g/mol. The van der Waals surface area contributed by atoms with Crippen molar-refractivity contribution >= 4 is 17.0 Å². The number of benzene rings is 1. The molecule has 1 aromatic carbocycles. The van der Waals surface area contributed by atoms with E-state index in [0.29, 0.717) is 0 Å². The van der Waals surface area contributed by atoms with Crippen LogP contribution in [0.5, 0.6) is 0 Å². The van der Waals surface area contributed by atoms with Crippen LogP contribution in [0.25, 0.3) is 11.0 Å². The van der Waals surface area contributed by atoms with Crippen molar-refractivity contribution in [1.82, 2.24) is 16.0 Å². The standard InChI is InChI=1S/C17H23N3O2/c1-11-14-7-3-4-8-15(14)22-16(11)12(2)19-17(21)20-13-6-5-9-18-10-13/h3-4,7-8,12-13,18H,5-6,9-10H2,1-2H3,(H2,19,20,21)/t12-,13?/m1/s1. The summed E-state index contributed by atoms with van der Waals surface area (Å²) in [6.07, 6.45) is 2.13. The first-order valence-electron chi connectivity index (χ1n) is 7.91. The molecule has 2 heterocycles. The second kappa shape index (κ2) is 6.40. The van der Waals surface area contributed by atoms with Crippen LogP contribution in [0.4, 0.5) is 4.79 Å². The summed E-state index contributed by atoms with van der Waals surface area (Å²) < 4.78 is 5.90. The summed E-state index contributed by atoms with van der Waals surface area (Å²) >= 11 is 0. The first-order chi connectivity index (χ1) is 10.6. The minimum atomic E-state index is -0.163. The number of nitrogens with one attached hydrogen (secondary N) is 3. The zero-order valence-corrected chi connectivity index (χ0v) is 13.1. The Kier molecular flexibility index (Phi) is 4.34. The molecule has 0 radical (unpaired) electrons. The number of hydrogen-bond acceptors (Lipinski definition) is 3. The van der Waals surface area contributed by atoms with Crippen LogP contribution < -0.4 is 16.0 Å². The lowest BCUT2D eigenvalue weighted by Crippen LogP contribution is -2.49. The molecule has 3 rings (SSSR count). The number of carbonyl (C=O) groups excluding carboxylic acids is 1. The molecule has 1 aliphatic heterocycles. The van der Waals surface area contributed by atoms with E-state index in [-0.39, 0.29) is 18.1 Å². The average molecular weight is 301 g/mol. The lowest BCUT2D eigenvalue weighted by atomic mass is 10.1. The minimum Gasteiger partial charge on any atom is -0.459 e. The van der Waals surface area contributed by atoms with Gasteiger partial charge >= 0.3 is 6.03 Å². The second-order valence-electron chi connectivity index (χ2n) is 5.97. The summed E-state index contributed by atoms with van der Waals surface area (Å²) in [5.74, 6) is 0.818. The highest BCUT2D eigenvalue weighted by Crippen LogP contribution is 2.29. The zero-order valence-electron chi connectivity index (χ0n) is 13.1. The topological polar surface area (TPSA) is 66.3 Å². The molecule has 1 fully saturated rings. The van der Waals surface area contributed by atoms with Crippen LogP contribution in [0.1, 0.15) is 37.1 Å². The molecule has 0 aliphatic carbocycles. The Hall–Kier alpha value is -2.01. The van der Waals surface area contributed by atoms with E-state index >= 15 is 0 Å². The maximum atomic E-state index is 12.1. The first kappa shape index (κ1) is 14.9. The van der Waals surface area contributed by atoms with Gasteiger partial charge in [0.25, 0.3) is 0 Å². The van der Waals surface area contributed by atoms with E-state index in [9.17, 15) is 4.79 Å². The molecule has 5 nitrogen and oxygen atoms in total. The van der Waals surface area contributed by atoms with Gasteiger partial charge in [-0.2, -0.15) is 0 Å². The molecule has 1 unspecified atom stereocenters. The summed E-state index contributed by atoms with van der Waals surface area (Å²) in [5, 5.41) is 10.4. The number of urea groups is 1. The van der Waals surface area contributed by atoms with Gasteiger partial charge in [0.1, 0.15) is 11.3 Å². The highest BCUT2D eigenvalue weighted by Gasteiger charge is 2.20. The van der Waals surface area contributed by atoms with Crippen molar-refractivity contribution in [2.45, 2.75) is 38.8 Å². The van der Waals surface area contributed by atoms with Gasteiger partial charge in [-0.3, -0.25) is 0 Å². The zero-order chi connectivity index (χ0) is 15.5. The maximum Gasteiger partial charge on any atom is 0.315 e. The van der Waals surface area contributed by atoms with Crippen molar-refractivity contribution in [3.05, 3.63) is 35.6 Å². The van der Waals surface area contributed by atoms with Crippen molar-refractivity contribution in [1.29, 1.82) is 0 Å². The van der Waals surface area contributed by atoms with E-state index in [1.165, 1.54) is 0 Å². The van der Waals surface area contributed by atoms with Gasteiger partial charge in [0.2, 0.25) is 0 Å². The number of para-hydroxylation sites is 1. The van der Waals surface area contributed by atoms with Crippen LogP contribution >= 0.6 is 0 Å². The Morgan fingerprint density at radius 2 is 2.23 bits per heavy atom. The molecule has 2 amide bonds. The third kappa shape index (κ3) is 3.09. The van der Waals surface area contributed by atoms with Crippen molar-refractivity contribution in [2.24, 2.45) is 0 Å². The molecular weight excluding hydrogens is 278 g/mol. The molecule has 3 N–H and O–H groups in total. The Morgan fingerprint density at radius 3 is 2.95 bits per heavy atom. The number of fused-ring (bicyclic) bond motifs is 1. The Morgan fingerprint density at radius 1 is 1.41 bits per heavy atom. The average Bonchev–Trinajstić information content (AvgIpc) is 2.86. The Labute approximate surface area is 130 Å². The van der Waals surface area contributed by atoms with E-state index in [4.69, 9.17) is 4.42 Å². The van der Waals surface area contributed by atoms with Crippen LogP contribution in [0, 0.1) is 6.92 Å². The van der Waals surface area contributed by atoms with Gasteiger partial charge in [0.05, 0.1) is 6.04 Å². The molecular formula is C17H23N3O2. The predicted octanol–water partition coefficient (Wildman–Crippen LogP) is 2.85. The first-order valence-corrected chi connectivity index (χ1v) is 7.91. The van der Waals surface area contributed by atoms with E-state index in [0.717, 1.165) is 48.2 Å². The van der Waals surface area contributed by atoms with Crippen LogP contribution in [0.2, 0.25) is 0 Å². The van der Waals surface area contributed by atoms with Crippen molar-refractivity contribution in [3.8, 4) is 0 Å². The van der Waals surface area contributed by atoms with E-state index < -0.39 is 0 Å². The lowest BCUT2D eigenvalue weighted by molar-refractivity contribution is 0.229. The quantitative estimate of drug-likeness (QED) is 0.816. The number of aryl methyl sites for hydroxylation is 1. The summed E-state index contributed by atoms with van der Waals surface area (Å²) in [6.45, 7) is 5.85. The molecule has 2 aromatic rings. The van der Waals surface area contributed by atoms with Gasteiger partial charge in [-0.05, 0) is 39.3 Å². The van der Waals surface area contributed by atoms with Gasteiger partial charge in [0, 0.05) is 23.5 Å². The van der Waals surface area contributed by atoms with Crippen molar-refractivity contribution < 1.29 is 9.21 Å². The Bertz CT molecular complexity index is 659. The van der Waals surface area contributed by atoms with Gasteiger partial charge in [-0.15, -0.1) is 0 Å². The van der Waals surface area contributed by atoms with Crippen LogP contribution in [-0.4, -0.2) is 25.2 Å². The van der Waals surface area contributed by atoms with Crippen molar-refractivity contribution in [2.75, 3.05) is 13.1 Å². The number of piperidine rings is 1. The maximum absolute atomic E-state index is 12.1. The van der Waals surface area contributed by atoms with Crippen LogP contribution in [-0.2, 0) is 0 Å². The molecule has 2 atom stereocenters. The van der Waals surface area contributed by atoms with Crippen molar-refractivity contribution in [3.63, 3.8) is 0 Å². The number of rotatable bonds is 3. The number of amides is 2. The predicted molar refractivity (Wildman–Crippen MR) is 86.9 cm³/mol. The highest BCUT2D eigenvalue weighted by molar-refractivity contribution is 5.82. The molecule has 1 aliphatic rings. The van der Waals surface area contributed by atoms with E-state index in [1.807, 2.05) is 38.1 Å². The number of carbonyl (C=O) groups is 1.